The lowest BCUT2D eigenvalue weighted by Crippen LogP contribution is -2.49. The van der Waals surface area contributed by atoms with Gasteiger partial charge < -0.3 is 29.0 Å². The van der Waals surface area contributed by atoms with Crippen LogP contribution < -0.4 is 23.8 Å². The van der Waals surface area contributed by atoms with E-state index in [4.69, 9.17) is 18.9 Å². The molecule has 8 heteroatoms. The fraction of sp³-hybridized carbons (Fsp3) is 0.478. The summed E-state index contributed by atoms with van der Waals surface area (Å²) in [7, 11) is 4.68. The quantitative estimate of drug-likeness (QED) is 0.627. The summed E-state index contributed by atoms with van der Waals surface area (Å²) >= 11 is 0. The van der Waals surface area contributed by atoms with Gasteiger partial charge in [0.25, 0.3) is 0 Å². The van der Waals surface area contributed by atoms with E-state index in [-0.39, 0.29) is 19.0 Å². The molecule has 1 N–H and O–H groups in total. The van der Waals surface area contributed by atoms with Crippen LogP contribution in [0, 0.1) is 6.92 Å². The summed E-state index contributed by atoms with van der Waals surface area (Å²) in [5.41, 5.74) is 2.54. The van der Waals surface area contributed by atoms with Crippen LogP contribution in [0.2, 0.25) is 0 Å². The molecule has 0 radical (unpaired) electrons. The minimum absolute atomic E-state index is 0. The number of methoxy groups -OCH3 is 3. The van der Waals surface area contributed by atoms with E-state index in [0.29, 0.717) is 29.5 Å². The van der Waals surface area contributed by atoms with E-state index in [1.165, 1.54) is 11.3 Å². The molecule has 31 heavy (non-hydrogen) atoms. The number of anilines is 1. The Balaban J connectivity index is 0.00000341. The van der Waals surface area contributed by atoms with Gasteiger partial charge in [-0.1, -0.05) is 12.1 Å². The van der Waals surface area contributed by atoms with Gasteiger partial charge >= 0.3 is 0 Å². The molecule has 0 saturated carbocycles. The first-order chi connectivity index (χ1) is 14.5. The minimum atomic E-state index is -0.588. The van der Waals surface area contributed by atoms with Crippen LogP contribution in [0.3, 0.4) is 0 Å². The molecule has 3 rings (SSSR count). The van der Waals surface area contributed by atoms with Crippen molar-refractivity contribution in [3.63, 3.8) is 0 Å². The molecule has 1 fully saturated rings. The third-order valence-corrected chi connectivity index (χ3v) is 5.29. The van der Waals surface area contributed by atoms with Crippen molar-refractivity contribution in [3.8, 4) is 23.0 Å². The number of benzene rings is 2. The zero-order chi connectivity index (χ0) is 21.5. The van der Waals surface area contributed by atoms with Gasteiger partial charge in [-0.05, 0) is 24.6 Å². The van der Waals surface area contributed by atoms with Gasteiger partial charge in [0.1, 0.15) is 18.5 Å². The number of aryl methyl sites for hydroxylation is 1. The summed E-state index contributed by atoms with van der Waals surface area (Å²) in [6.45, 7) is 6.60. The molecule has 0 bridgehead atoms. The summed E-state index contributed by atoms with van der Waals surface area (Å²) in [6, 6.07) is 12.0. The Morgan fingerprint density at radius 3 is 2.13 bits per heavy atom. The molecular weight excluding hydrogens is 420 g/mol. The molecule has 1 aliphatic heterocycles. The average molecular weight is 453 g/mol. The van der Waals surface area contributed by atoms with Crippen molar-refractivity contribution in [2.45, 2.75) is 13.0 Å². The van der Waals surface area contributed by atoms with Crippen LogP contribution in [-0.2, 0) is 0 Å². The van der Waals surface area contributed by atoms with E-state index in [9.17, 15) is 5.11 Å². The van der Waals surface area contributed by atoms with Crippen molar-refractivity contribution < 1.29 is 24.1 Å². The molecule has 7 nitrogen and oxygen atoms in total. The van der Waals surface area contributed by atoms with Crippen molar-refractivity contribution >= 4 is 18.1 Å². The average Bonchev–Trinajstić information content (AvgIpc) is 2.77. The largest absolute Gasteiger partial charge is 0.493 e. The Hall–Kier alpha value is -2.35. The number of β-amino-alcohol motifs (C(OH)–C–C–N with tert-alkyl or cyclic N) is 1. The Labute approximate surface area is 190 Å². The molecule has 1 atom stereocenters. The van der Waals surface area contributed by atoms with Gasteiger partial charge in [-0.25, -0.2) is 0 Å². The molecule has 2 aromatic rings. The maximum atomic E-state index is 10.5. The van der Waals surface area contributed by atoms with Crippen LogP contribution in [0.4, 0.5) is 5.69 Å². The molecule has 0 amide bonds. The van der Waals surface area contributed by atoms with Crippen LogP contribution in [-0.4, -0.2) is 76.8 Å². The van der Waals surface area contributed by atoms with Gasteiger partial charge in [-0.15, -0.1) is 12.4 Å². The van der Waals surface area contributed by atoms with Crippen LogP contribution >= 0.6 is 12.4 Å². The molecular formula is C23H33ClN2O5. The topological polar surface area (TPSA) is 63.6 Å². The lowest BCUT2D eigenvalue weighted by Gasteiger charge is -2.37. The highest BCUT2D eigenvalue weighted by molar-refractivity contribution is 5.85. The predicted octanol–water partition coefficient (Wildman–Crippen LogP) is 3.00. The van der Waals surface area contributed by atoms with Crippen molar-refractivity contribution in [3.05, 3.63) is 42.0 Å². The number of aliphatic hydroxyl groups excluding tert-OH is 1. The number of piperazine rings is 1. The highest BCUT2D eigenvalue weighted by Gasteiger charge is 2.20. The normalized spacial score (nSPS) is 15.1. The van der Waals surface area contributed by atoms with Gasteiger partial charge in [0.2, 0.25) is 5.75 Å². The number of halogens is 1. The van der Waals surface area contributed by atoms with Crippen molar-refractivity contribution in [2.75, 3.05) is 65.6 Å². The second kappa shape index (κ2) is 11.9. The first-order valence-corrected chi connectivity index (χ1v) is 10.2. The zero-order valence-corrected chi connectivity index (χ0v) is 19.5. The lowest BCUT2D eigenvalue weighted by atomic mass is 10.2. The summed E-state index contributed by atoms with van der Waals surface area (Å²) in [5.74, 6) is 2.12. The van der Waals surface area contributed by atoms with Gasteiger partial charge in [0.15, 0.2) is 11.5 Å². The highest BCUT2D eigenvalue weighted by Crippen LogP contribution is 2.40. The van der Waals surface area contributed by atoms with Gasteiger partial charge in [0, 0.05) is 50.5 Å². The maximum Gasteiger partial charge on any atom is 0.203 e. The maximum absolute atomic E-state index is 10.5. The standard InChI is InChI=1S/C23H32N2O5.ClH/c1-17-6-5-7-18(12-17)25-10-8-24(9-11-25)15-19(26)16-30-20-13-21(27-2)23(29-4)22(14-20)28-3;/h5-7,12-14,19,26H,8-11,15-16H2,1-4H3;1H. The first kappa shape index (κ1) is 24.9. The molecule has 1 unspecified atom stereocenters. The fourth-order valence-corrected chi connectivity index (χ4v) is 3.70. The van der Waals surface area contributed by atoms with Gasteiger partial charge in [0.05, 0.1) is 21.3 Å². The Morgan fingerprint density at radius 2 is 1.58 bits per heavy atom. The van der Waals surface area contributed by atoms with Crippen molar-refractivity contribution in [1.82, 2.24) is 4.90 Å². The number of ether oxygens (including phenoxy) is 4. The Kier molecular flexibility index (Phi) is 9.55. The summed E-state index contributed by atoms with van der Waals surface area (Å²) in [5, 5.41) is 10.5. The van der Waals surface area contributed by atoms with E-state index in [2.05, 4.69) is 41.0 Å². The summed E-state index contributed by atoms with van der Waals surface area (Å²) < 4.78 is 21.8. The molecule has 1 heterocycles. The van der Waals surface area contributed by atoms with E-state index in [0.717, 1.165) is 26.2 Å². The second-order valence-corrected chi connectivity index (χ2v) is 7.45. The summed E-state index contributed by atoms with van der Waals surface area (Å²) in [6.07, 6.45) is -0.588. The number of rotatable bonds is 9. The third kappa shape index (κ3) is 6.56. The first-order valence-electron chi connectivity index (χ1n) is 10.2. The fourth-order valence-electron chi connectivity index (χ4n) is 3.70. The zero-order valence-electron chi connectivity index (χ0n) is 18.7. The van der Waals surface area contributed by atoms with Gasteiger partial charge in [-0.2, -0.15) is 0 Å². The molecule has 2 aromatic carbocycles. The number of hydrogen-bond acceptors (Lipinski definition) is 7. The van der Waals surface area contributed by atoms with Crippen LogP contribution in [0.1, 0.15) is 5.56 Å². The van der Waals surface area contributed by atoms with Crippen molar-refractivity contribution in [1.29, 1.82) is 0 Å². The number of hydrogen-bond donors (Lipinski definition) is 1. The second-order valence-electron chi connectivity index (χ2n) is 7.45. The van der Waals surface area contributed by atoms with Crippen LogP contribution in [0.25, 0.3) is 0 Å². The lowest BCUT2D eigenvalue weighted by molar-refractivity contribution is 0.0661. The smallest absolute Gasteiger partial charge is 0.203 e. The molecule has 172 valence electrons. The Morgan fingerprint density at radius 1 is 0.935 bits per heavy atom. The van der Waals surface area contributed by atoms with Crippen LogP contribution in [0.15, 0.2) is 36.4 Å². The highest BCUT2D eigenvalue weighted by atomic mass is 35.5. The molecule has 1 saturated heterocycles. The molecule has 1 aliphatic rings. The van der Waals surface area contributed by atoms with E-state index in [1.807, 2.05) is 0 Å². The monoisotopic (exact) mass is 452 g/mol. The van der Waals surface area contributed by atoms with E-state index < -0.39 is 6.10 Å². The number of nitrogens with zero attached hydrogens (tertiary/aromatic N) is 2. The van der Waals surface area contributed by atoms with Crippen molar-refractivity contribution in [2.24, 2.45) is 0 Å². The Bertz CT molecular complexity index is 802. The molecule has 0 aromatic heterocycles. The van der Waals surface area contributed by atoms with E-state index in [1.54, 1.807) is 33.5 Å². The third-order valence-electron chi connectivity index (χ3n) is 5.29. The van der Waals surface area contributed by atoms with Gasteiger partial charge in [-0.3, -0.25) is 4.90 Å². The summed E-state index contributed by atoms with van der Waals surface area (Å²) in [4.78, 5) is 4.66. The number of aliphatic hydroxyl groups is 1. The predicted molar refractivity (Wildman–Crippen MR) is 125 cm³/mol. The molecule has 0 aliphatic carbocycles. The van der Waals surface area contributed by atoms with Crippen LogP contribution in [0.5, 0.6) is 23.0 Å². The van der Waals surface area contributed by atoms with E-state index >= 15 is 0 Å². The SMILES string of the molecule is COc1cc(OCC(O)CN2CCN(c3cccc(C)c3)CC2)cc(OC)c1OC.Cl. The molecule has 0 spiro atoms. The minimum Gasteiger partial charge on any atom is -0.493 e.